The molecule has 17 heavy (non-hydrogen) atoms. The van der Waals surface area contributed by atoms with Gasteiger partial charge in [-0.1, -0.05) is 17.3 Å². The summed E-state index contributed by atoms with van der Waals surface area (Å²) >= 11 is 2.21. The van der Waals surface area contributed by atoms with Crippen LogP contribution in [0.3, 0.4) is 0 Å². The molecule has 0 fully saturated rings. The van der Waals surface area contributed by atoms with Crippen molar-refractivity contribution >= 4 is 28.6 Å². The fraction of sp³-hybridized carbons (Fsp3) is 0.167. The topological polar surface area (TPSA) is 52.3 Å². The standard InChI is InChI=1S/C12H10INO3/c1-2-16-12(15)10-7-11(17-14-10)8-4-3-5-9(13)6-8/h3-7H,2H2,1H3. The van der Waals surface area contributed by atoms with Crippen molar-refractivity contribution in [1.29, 1.82) is 0 Å². The normalized spacial score (nSPS) is 10.2. The molecule has 0 aliphatic heterocycles. The van der Waals surface area contributed by atoms with E-state index in [0.29, 0.717) is 12.4 Å². The van der Waals surface area contributed by atoms with E-state index in [1.807, 2.05) is 24.3 Å². The zero-order chi connectivity index (χ0) is 12.3. The van der Waals surface area contributed by atoms with E-state index in [0.717, 1.165) is 9.13 Å². The van der Waals surface area contributed by atoms with Crippen LogP contribution in [0.15, 0.2) is 34.9 Å². The van der Waals surface area contributed by atoms with E-state index in [1.54, 1.807) is 13.0 Å². The monoisotopic (exact) mass is 343 g/mol. The van der Waals surface area contributed by atoms with Gasteiger partial charge in [-0.3, -0.25) is 0 Å². The predicted molar refractivity (Wildman–Crippen MR) is 70.6 cm³/mol. The molecule has 1 heterocycles. The number of hydrogen-bond donors (Lipinski definition) is 0. The minimum absolute atomic E-state index is 0.195. The minimum atomic E-state index is -0.465. The molecule has 0 N–H and O–H groups in total. The maximum absolute atomic E-state index is 11.4. The van der Waals surface area contributed by atoms with Gasteiger partial charge < -0.3 is 9.26 Å². The van der Waals surface area contributed by atoms with Gasteiger partial charge in [0.15, 0.2) is 11.5 Å². The first-order valence-electron chi connectivity index (χ1n) is 5.10. The van der Waals surface area contributed by atoms with Crippen molar-refractivity contribution in [2.45, 2.75) is 6.92 Å². The van der Waals surface area contributed by atoms with Gasteiger partial charge in [0, 0.05) is 15.2 Å². The Bertz CT molecular complexity index is 536. The van der Waals surface area contributed by atoms with E-state index in [9.17, 15) is 4.79 Å². The molecule has 0 saturated carbocycles. The molecule has 4 nitrogen and oxygen atoms in total. The number of halogens is 1. The van der Waals surface area contributed by atoms with Crippen LogP contribution in [0.1, 0.15) is 17.4 Å². The predicted octanol–water partition coefficient (Wildman–Crippen LogP) is 3.12. The summed E-state index contributed by atoms with van der Waals surface area (Å²) in [6.45, 7) is 2.07. The van der Waals surface area contributed by atoms with Crippen molar-refractivity contribution in [3.8, 4) is 11.3 Å². The molecule has 0 bridgehead atoms. The molecule has 5 heteroatoms. The van der Waals surface area contributed by atoms with Crippen LogP contribution < -0.4 is 0 Å². The number of nitrogens with zero attached hydrogens (tertiary/aromatic N) is 1. The van der Waals surface area contributed by atoms with E-state index >= 15 is 0 Å². The third kappa shape index (κ3) is 2.85. The highest BCUT2D eigenvalue weighted by Crippen LogP contribution is 2.22. The molecule has 0 spiro atoms. The van der Waals surface area contributed by atoms with Crippen LogP contribution in [0.2, 0.25) is 0 Å². The molecule has 0 atom stereocenters. The lowest BCUT2D eigenvalue weighted by Crippen LogP contribution is -2.04. The summed E-state index contributed by atoms with van der Waals surface area (Å²) in [6.07, 6.45) is 0. The fourth-order valence-electron chi connectivity index (χ4n) is 1.35. The summed E-state index contributed by atoms with van der Waals surface area (Å²) in [5, 5.41) is 3.69. The minimum Gasteiger partial charge on any atom is -0.461 e. The van der Waals surface area contributed by atoms with E-state index in [-0.39, 0.29) is 5.69 Å². The fourth-order valence-corrected chi connectivity index (χ4v) is 1.90. The van der Waals surface area contributed by atoms with Gasteiger partial charge in [0.1, 0.15) is 0 Å². The second kappa shape index (κ2) is 5.31. The third-order valence-electron chi connectivity index (χ3n) is 2.10. The number of rotatable bonds is 3. The molecule has 0 unspecified atom stereocenters. The number of benzene rings is 1. The van der Waals surface area contributed by atoms with Gasteiger partial charge in [0.05, 0.1) is 6.61 Å². The summed E-state index contributed by atoms with van der Waals surface area (Å²) in [5.41, 5.74) is 1.08. The maximum atomic E-state index is 11.4. The molecular weight excluding hydrogens is 333 g/mol. The van der Waals surface area contributed by atoms with Crippen LogP contribution in [-0.4, -0.2) is 17.7 Å². The molecule has 1 aromatic carbocycles. The quantitative estimate of drug-likeness (QED) is 0.635. The molecule has 2 aromatic rings. The van der Waals surface area contributed by atoms with Crippen molar-refractivity contribution in [2.75, 3.05) is 6.61 Å². The number of aromatic nitrogens is 1. The van der Waals surface area contributed by atoms with Crippen LogP contribution in [0.5, 0.6) is 0 Å². The van der Waals surface area contributed by atoms with Crippen molar-refractivity contribution in [3.63, 3.8) is 0 Å². The first-order chi connectivity index (χ1) is 8.20. The van der Waals surface area contributed by atoms with Gasteiger partial charge in [-0.05, 0) is 41.6 Å². The van der Waals surface area contributed by atoms with Crippen molar-refractivity contribution in [3.05, 3.63) is 39.6 Å². The van der Waals surface area contributed by atoms with Crippen LogP contribution in [-0.2, 0) is 4.74 Å². The lowest BCUT2D eigenvalue weighted by Gasteiger charge is -1.95. The van der Waals surface area contributed by atoms with Crippen molar-refractivity contribution < 1.29 is 14.1 Å². The molecule has 88 valence electrons. The van der Waals surface area contributed by atoms with Gasteiger partial charge >= 0.3 is 5.97 Å². The van der Waals surface area contributed by atoms with Crippen LogP contribution in [0, 0.1) is 3.57 Å². The lowest BCUT2D eigenvalue weighted by atomic mass is 10.2. The van der Waals surface area contributed by atoms with Gasteiger partial charge in [-0.2, -0.15) is 0 Å². The SMILES string of the molecule is CCOC(=O)c1cc(-c2cccc(I)c2)on1. The van der Waals surface area contributed by atoms with Crippen molar-refractivity contribution in [2.24, 2.45) is 0 Å². The molecule has 2 rings (SSSR count). The molecule has 0 aliphatic rings. The Morgan fingerprint density at radius 3 is 3.00 bits per heavy atom. The number of carbonyl (C=O) groups excluding carboxylic acids is 1. The number of hydrogen-bond acceptors (Lipinski definition) is 4. The number of carbonyl (C=O) groups is 1. The second-order valence-corrected chi connectivity index (χ2v) is 4.55. The Morgan fingerprint density at radius 2 is 2.29 bits per heavy atom. The van der Waals surface area contributed by atoms with E-state index in [2.05, 4.69) is 27.7 Å². The average molecular weight is 343 g/mol. The van der Waals surface area contributed by atoms with Crippen molar-refractivity contribution in [1.82, 2.24) is 5.16 Å². The number of ether oxygens (including phenoxy) is 1. The van der Waals surface area contributed by atoms with Gasteiger partial charge in [0.2, 0.25) is 0 Å². The summed E-state index contributed by atoms with van der Waals surface area (Å²) in [7, 11) is 0. The Labute approximate surface area is 112 Å². The Balaban J connectivity index is 2.27. The lowest BCUT2D eigenvalue weighted by molar-refractivity contribution is 0.0514. The Hall–Kier alpha value is -1.37. The second-order valence-electron chi connectivity index (χ2n) is 3.31. The van der Waals surface area contributed by atoms with Gasteiger partial charge in [-0.25, -0.2) is 4.79 Å². The van der Waals surface area contributed by atoms with Gasteiger partial charge in [0.25, 0.3) is 0 Å². The Kier molecular flexibility index (Phi) is 3.78. The Morgan fingerprint density at radius 1 is 1.47 bits per heavy atom. The molecule has 0 aliphatic carbocycles. The zero-order valence-electron chi connectivity index (χ0n) is 9.14. The summed E-state index contributed by atoms with van der Waals surface area (Å²) in [5.74, 6) is 0.0969. The van der Waals surface area contributed by atoms with E-state index in [4.69, 9.17) is 9.26 Å². The van der Waals surface area contributed by atoms with Crippen LogP contribution in [0.25, 0.3) is 11.3 Å². The zero-order valence-corrected chi connectivity index (χ0v) is 11.3. The molecular formula is C12H10INO3. The summed E-state index contributed by atoms with van der Waals surface area (Å²) in [4.78, 5) is 11.4. The van der Waals surface area contributed by atoms with E-state index < -0.39 is 5.97 Å². The van der Waals surface area contributed by atoms with Crippen LogP contribution in [0.4, 0.5) is 0 Å². The highest BCUT2D eigenvalue weighted by molar-refractivity contribution is 14.1. The molecule has 1 aromatic heterocycles. The van der Waals surface area contributed by atoms with E-state index in [1.165, 1.54) is 0 Å². The highest BCUT2D eigenvalue weighted by atomic mass is 127. The summed E-state index contributed by atoms with van der Waals surface area (Å²) in [6, 6.07) is 9.34. The average Bonchev–Trinajstić information content (AvgIpc) is 2.78. The highest BCUT2D eigenvalue weighted by Gasteiger charge is 2.14. The van der Waals surface area contributed by atoms with Crippen LogP contribution >= 0.6 is 22.6 Å². The molecule has 0 saturated heterocycles. The first kappa shape index (κ1) is 12.1. The van der Waals surface area contributed by atoms with Gasteiger partial charge in [-0.15, -0.1) is 0 Å². The number of esters is 1. The molecule has 0 radical (unpaired) electrons. The molecule has 0 amide bonds. The third-order valence-corrected chi connectivity index (χ3v) is 2.77. The smallest absolute Gasteiger partial charge is 0.360 e. The summed E-state index contributed by atoms with van der Waals surface area (Å²) < 4.78 is 11.0. The largest absolute Gasteiger partial charge is 0.461 e. The maximum Gasteiger partial charge on any atom is 0.360 e. The first-order valence-corrected chi connectivity index (χ1v) is 6.18.